The molecule has 0 radical (unpaired) electrons. The maximum absolute atomic E-state index is 10.9. The topological polar surface area (TPSA) is 81.1 Å². The third-order valence-electron chi connectivity index (χ3n) is 2.89. The van der Waals surface area contributed by atoms with Gasteiger partial charge < -0.3 is 0 Å². The minimum absolute atomic E-state index is 0.667. The monoisotopic (exact) mass is 263 g/mol. The molecule has 17 heavy (non-hydrogen) atoms. The molecule has 0 aliphatic rings. The predicted octanol–water partition coefficient (Wildman–Crippen LogP) is 3.52. The fourth-order valence-electron chi connectivity index (χ4n) is 1.87. The van der Waals surface area contributed by atoms with E-state index in [9.17, 15) is 4.57 Å². The van der Waals surface area contributed by atoms with Gasteiger partial charge in [0, 0.05) is 6.54 Å². The lowest BCUT2D eigenvalue weighted by atomic mass is 10.1. The van der Waals surface area contributed by atoms with Crippen LogP contribution in [-0.2, 0) is 4.57 Å². The molecule has 0 aromatic rings. The van der Waals surface area contributed by atoms with Crippen molar-refractivity contribution in [2.24, 2.45) is 11.0 Å². The van der Waals surface area contributed by atoms with Gasteiger partial charge in [-0.1, -0.05) is 64.7 Å². The highest BCUT2D eigenvalue weighted by Gasteiger charge is 2.04. The van der Waals surface area contributed by atoms with E-state index in [1.54, 1.807) is 0 Å². The first-order chi connectivity index (χ1) is 8.06. The Hall–Kier alpha value is 0.110. The van der Waals surface area contributed by atoms with Crippen LogP contribution in [0.1, 0.15) is 71.1 Å². The van der Waals surface area contributed by atoms with Gasteiger partial charge in [-0.2, -0.15) is 0 Å². The summed E-state index contributed by atoms with van der Waals surface area (Å²) in [5, 5.41) is 2.66. The van der Waals surface area contributed by atoms with Crippen LogP contribution >= 0.6 is 7.59 Å². The highest BCUT2D eigenvalue weighted by molar-refractivity contribution is 7.56. The van der Waals surface area contributed by atoms with Crippen LogP contribution in [0.3, 0.4) is 0 Å². The SMILES string of the molecule is CCCCCCCCCCCCNP(N)(N)=O. The number of nitrogens with two attached hydrogens (primary N) is 2. The zero-order valence-corrected chi connectivity index (χ0v) is 12.2. The summed E-state index contributed by atoms with van der Waals surface area (Å²) < 4.78 is 10.9. The molecule has 0 aliphatic carbocycles. The second-order valence-electron chi connectivity index (χ2n) is 4.80. The van der Waals surface area contributed by atoms with Crippen molar-refractivity contribution < 1.29 is 4.57 Å². The molecule has 0 aliphatic heterocycles. The van der Waals surface area contributed by atoms with Crippen molar-refractivity contribution in [1.29, 1.82) is 0 Å². The highest BCUT2D eigenvalue weighted by Crippen LogP contribution is 2.17. The largest absolute Gasteiger partial charge is 0.273 e. The lowest BCUT2D eigenvalue weighted by Crippen LogP contribution is -2.22. The van der Waals surface area contributed by atoms with Gasteiger partial charge in [0.2, 0.25) is 0 Å². The third-order valence-corrected chi connectivity index (χ3v) is 3.61. The van der Waals surface area contributed by atoms with Crippen LogP contribution in [0.2, 0.25) is 0 Å². The van der Waals surface area contributed by atoms with Crippen molar-refractivity contribution in [3.05, 3.63) is 0 Å². The maximum atomic E-state index is 10.9. The quantitative estimate of drug-likeness (QED) is 0.371. The molecule has 0 fully saturated rings. The molecular formula is C12H30N3OP. The van der Waals surface area contributed by atoms with Crippen LogP contribution < -0.4 is 16.1 Å². The minimum atomic E-state index is -2.99. The fourth-order valence-corrected chi connectivity index (χ4v) is 2.37. The Balaban J connectivity index is 3.01. The summed E-state index contributed by atoms with van der Waals surface area (Å²) in [5.74, 6) is 0. The zero-order valence-electron chi connectivity index (χ0n) is 11.3. The van der Waals surface area contributed by atoms with Crippen molar-refractivity contribution in [2.45, 2.75) is 71.1 Å². The van der Waals surface area contributed by atoms with Crippen LogP contribution in [0.4, 0.5) is 0 Å². The molecule has 104 valence electrons. The van der Waals surface area contributed by atoms with E-state index in [0.29, 0.717) is 6.54 Å². The van der Waals surface area contributed by atoms with E-state index in [0.717, 1.165) is 6.42 Å². The van der Waals surface area contributed by atoms with Crippen molar-refractivity contribution in [2.75, 3.05) is 6.54 Å². The van der Waals surface area contributed by atoms with Crippen LogP contribution in [-0.4, -0.2) is 6.54 Å². The first-order valence-electron chi connectivity index (χ1n) is 6.98. The van der Waals surface area contributed by atoms with Crippen molar-refractivity contribution >= 4 is 7.59 Å². The molecule has 5 N–H and O–H groups in total. The maximum Gasteiger partial charge on any atom is 0.273 e. The van der Waals surface area contributed by atoms with Gasteiger partial charge >= 0.3 is 0 Å². The molecule has 0 spiro atoms. The first kappa shape index (κ1) is 17.1. The molecule has 0 heterocycles. The molecule has 0 amide bonds. The standard InChI is InChI=1S/C12H30N3OP/c1-2-3-4-5-6-7-8-9-10-11-12-15-17(13,14)16/h2-12H2,1H3,(H5,13,14,15,16). The average molecular weight is 263 g/mol. The summed E-state index contributed by atoms with van der Waals surface area (Å²) in [7, 11) is -2.99. The van der Waals surface area contributed by atoms with Crippen LogP contribution in [0, 0.1) is 0 Å². The van der Waals surface area contributed by atoms with E-state index in [1.807, 2.05) is 0 Å². The smallest absolute Gasteiger partial charge is 0.271 e. The number of nitrogens with one attached hydrogen (secondary N) is 1. The number of hydrogen-bond acceptors (Lipinski definition) is 1. The van der Waals surface area contributed by atoms with E-state index in [-0.39, 0.29) is 0 Å². The summed E-state index contributed by atoms with van der Waals surface area (Å²) in [6.07, 6.45) is 13.0. The van der Waals surface area contributed by atoms with Gasteiger partial charge in [-0.05, 0) is 6.42 Å². The fraction of sp³-hybridized carbons (Fsp3) is 1.00. The summed E-state index contributed by atoms with van der Waals surface area (Å²) in [4.78, 5) is 0. The van der Waals surface area contributed by atoms with Crippen molar-refractivity contribution in [3.63, 3.8) is 0 Å². The molecule has 0 saturated carbocycles. The van der Waals surface area contributed by atoms with Gasteiger partial charge in [0.1, 0.15) is 0 Å². The predicted molar refractivity (Wildman–Crippen MR) is 75.8 cm³/mol. The second-order valence-corrected chi connectivity index (χ2v) is 6.53. The zero-order chi connectivity index (χ0) is 13.0. The molecular weight excluding hydrogens is 233 g/mol. The highest BCUT2D eigenvalue weighted by atomic mass is 31.2. The van der Waals surface area contributed by atoms with Gasteiger partial charge in [0.25, 0.3) is 7.59 Å². The Morgan fingerprint density at radius 2 is 1.24 bits per heavy atom. The first-order valence-corrected chi connectivity index (χ1v) is 8.83. The Bertz CT molecular complexity index is 206. The molecule has 5 heteroatoms. The van der Waals surface area contributed by atoms with Crippen molar-refractivity contribution in [1.82, 2.24) is 5.09 Å². The summed E-state index contributed by atoms with van der Waals surface area (Å²) in [6.45, 7) is 2.91. The van der Waals surface area contributed by atoms with Crippen molar-refractivity contribution in [3.8, 4) is 0 Å². The van der Waals surface area contributed by atoms with Gasteiger partial charge in [0.15, 0.2) is 0 Å². The lowest BCUT2D eigenvalue weighted by Gasteiger charge is -2.08. The van der Waals surface area contributed by atoms with E-state index >= 15 is 0 Å². The van der Waals surface area contributed by atoms with Gasteiger partial charge in [-0.15, -0.1) is 0 Å². The van der Waals surface area contributed by atoms with Gasteiger partial charge in [0.05, 0.1) is 0 Å². The Labute approximate surface area is 106 Å². The van der Waals surface area contributed by atoms with Crippen LogP contribution in [0.15, 0.2) is 0 Å². The summed E-state index contributed by atoms with van der Waals surface area (Å²) in [5.41, 5.74) is 10.4. The molecule has 0 saturated heterocycles. The molecule has 0 atom stereocenters. The molecule has 0 unspecified atom stereocenters. The Kier molecular flexibility index (Phi) is 11.3. The molecule has 0 bridgehead atoms. The molecule has 4 nitrogen and oxygen atoms in total. The van der Waals surface area contributed by atoms with Crippen LogP contribution in [0.5, 0.6) is 0 Å². The normalized spacial score (nSPS) is 11.9. The van der Waals surface area contributed by atoms with Gasteiger partial charge in [-0.3, -0.25) is 15.6 Å². The van der Waals surface area contributed by atoms with Gasteiger partial charge in [-0.25, -0.2) is 5.09 Å². The summed E-state index contributed by atoms with van der Waals surface area (Å²) in [6, 6.07) is 0. The Morgan fingerprint density at radius 3 is 1.65 bits per heavy atom. The second kappa shape index (κ2) is 11.2. The summed E-state index contributed by atoms with van der Waals surface area (Å²) >= 11 is 0. The molecule has 0 aromatic heterocycles. The minimum Gasteiger partial charge on any atom is -0.271 e. The average Bonchev–Trinajstić information content (AvgIpc) is 2.24. The van der Waals surface area contributed by atoms with E-state index in [2.05, 4.69) is 12.0 Å². The number of rotatable bonds is 12. The number of unbranched alkanes of at least 4 members (excludes halogenated alkanes) is 9. The number of hydrogen-bond donors (Lipinski definition) is 3. The van der Waals surface area contributed by atoms with Crippen LogP contribution in [0.25, 0.3) is 0 Å². The van der Waals surface area contributed by atoms with E-state index < -0.39 is 7.59 Å². The molecule has 0 aromatic carbocycles. The lowest BCUT2D eigenvalue weighted by molar-refractivity contribution is 0.546. The van der Waals surface area contributed by atoms with E-state index in [4.69, 9.17) is 11.0 Å². The van der Waals surface area contributed by atoms with E-state index in [1.165, 1.54) is 57.8 Å². The molecule has 0 rings (SSSR count). The Morgan fingerprint density at radius 1 is 0.824 bits per heavy atom. The third kappa shape index (κ3) is 16.1.